The van der Waals surface area contributed by atoms with Crippen molar-refractivity contribution in [1.29, 1.82) is 0 Å². The van der Waals surface area contributed by atoms with Crippen molar-refractivity contribution in [3.8, 4) is 0 Å². The molecule has 2 nitrogen and oxygen atoms in total. The Hall–Kier alpha value is -0.860. The van der Waals surface area contributed by atoms with Gasteiger partial charge in [0.2, 0.25) is 0 Å². The Labute approximate surface area is 104 Å². The van der Waals surface area contributed by atoms with E-state index in [1.165, 1.54) is 5.56 Å². The summed E-state index contributed by atoms with van der Waals surface area (Å²) < 4.78 is 6.48. The summed E-state index contributed by atoms with van der Waals surface area (Å²) in [5.74, 6) is 0. The van der Waals surface area contributed by atoms with Crippen LogP contribution in [0.4, 0.5) is 0 Å². The molecule has 0 radical (unpaired) electrons. The second-order valence-electron chi connectivity index (χ2n) is 5.19. The topological polar surface area (TPSA) is 21.3 Å². The highest BCUT2D eigenvalue weighted by atomic mass is 16.5. The smallest absolute Gasteiger partial charge is 0.103 e. The maximum Gasteiger partial charge on any atom is 0.103 e. The quantitative estimate of drug-likeness (QED) is 0.866. The van der Waals surface area contributed by atoms with Crippen LogP contribution in [0, 0.1) is 0 Å². The van der Waals surface area contributed by atoms with Gasteiger partial charge < -0.3 is 10.1 Å². The molecule has 17 heavy (non-hydrogen) atoms. The van der Waals surface area contributed by atoms with Crippen molar-refractivity contribution in [1.82, 2.24) is 5.32 Å². The first-order valence-electron chi connectivity index (χ1n) is 6.60. The Morgan fingerprint density at radius 2 is 1.76 bits per heavy atom. The zero-order valence-electron chi connectivity index (χ0n) is 11.1. The summed E-state index contributed by atoms with van der Waals surface area (Å²) in [6.45, 7) is 8.46. The second-order valence-corrected chi connectivity index (χ2v) is 5.19. The average Bonchev–Trinajstić information content (AvgIpc) is 2.40. The van der Waals surface area contributed by atoms with Crippen LogP contribution < -0.4 is 5.32 Å². The van der Waals surface area contributed by atoms with Crippen LogP contribution in [0.5, 0.6) is 0 Å². The molecule has 1 unspecified atom stereocenters. The van der Waals surface area contributed by atoms with Gasteiger partial charge in [-0.15, -0.1) is 0 Å². The van der Waals surface area contributed by atoms with Gasteiger partial charge in [-0.05, 0) is 25.3 Å². The Balaban J connectivity index is 2.26. The van der Waals surface area contributed by atoms with Gasteiger partial charge in [0.25, 0.3) is 0 Å². The first-order chi connectivity index (χ1) is 8.14. The fourth-order valence-corrected chi connectivity index (χ4v) is 2.67. The summed E-state index contributed by atoms with van der Waals surface area (Å²) in [7, 11) is 0. The van der Waals surface area contributed by atoms with Gasteiger partial charge in [0, 0.05) is 13.1 Å². The Morgan fingerprint density at radius 3 is 2.35 bits per heavy atom. The minimum absolute atomic E-state index is 0.0111. The van der Waals surface area contributed by atoms with Gasteiger partial charge in [0.15, 0.2) is 0 Å². The van der Waals surface area contributed by atoms with Gasteiger partial charge in [-0.2, -0.15) is 0 Å². The summed E-state index contributed by atoms with van der Waals surface area (Å²) in [6.07, 6.45) is 2.11. The molecule has 1 fully saturated rings. The van der Waals surface area contributed by atoms with Crippen molar-refractivity contribution in [3.05, 3.63) is 35.9 Å². The maximum absolute atomic E-state index is 6.48. The molecule has 1 aliphatic heterocycles. The highest BCUT2D eigenvalue weighted by Gasteiger charge is 2.41. The van der Waals surface area contributed by atoms with E-state index in [0.717, 1.165) is 25.9 Å². The lowest BCUT2D eigenvalue weighted by Gasteiger charge is -2.47. The molecule has 0 aliphatic carbocycles. The minimum atomic E-state index is -0.203. The molecular formula is C15H23NO. The van der Waals surface area contributed by atoms with Crippen molar-refractivity contribution >= 4 is 0 Å². The van der Waals surface area contributed by atoms with Gasteiger partial charge in [0.05, 0.1) is 5.60 Å². The maximum atomic E-state index is 6.48. The summed E-state index contributed by atoms with van der Waals surface area (Å²) in [5.41, 5.74) is 1.05. The Morgan fingerprint density at radius 1 is 1.12 bits per heavy atom. The van der Waals surface area contributed by atoms with Crippen molar-refractivity contribution in [2.24, 2.45) is 0 Å². The van der Waals surface area contributed by atoms with E-state index >= 15 is 0 Å². The summed E-state index contributed by atoms with van der Waals surface area (Å²) >= 11 is 0. The molecule has 2 heteroatoms. The van der Waals surface area contributed by atoms with E-state index in [2.05, 4.69) is 56.4 Å². The Kier molecular flexibility index (Phi) is 3.55. The summed E-state index contributed by atoms with van der Waals surface area (Å²) in [5, 5.41) is 3.54. The lowest BCUT2D eigenvalue weighted by atomic mass is 9.88. The number of ether oxygens (including phenoxy) is 1. The third-order valence-electron chi connectivity index (χ3n) is 4.02. The van der Waals surface area contributed by atoms with E-state index in [1.807, 2.05) is 0 Å². The van der Waals surface area contributed by atoms with E-state index in [9.17, 15) is 0 Å². The van der Waals surface area contributed by atoms with Crippen LogP contribution in [-0.2, 0) is 10.3 Å². The number of rotatable bonds is 3. The van der Waals surface area contributed by atoms with Crippen molar-refractivity contribution < 1.29 is 4.74 Å². The van der Waals surface area contributed by atoms with Crippen LogP contribution in [0.3, 0.4) is 0 Å². The fourth-order valence-electron chi connectivity index (χ4n) is 2.67. The fraction of sp³-hybridized carbons (Fsp3) is 0.600. The first-order valence-corrected chi connectivity index (χ1v) is 6.60. The zero-order valence-corrected chi connectivity index (χ0v) is 11.1. The SMILES string of the molecule is CCC1(CC)CNCC(C)(c2ccccc2)O1. The zero-order chi connectivity index (χ0) is 12.4. The molecule has 1 saturated heterocycles. The summed E-state index contributed by atoms with van der Waals surface area (Å²) in [4.78, 5) is 0. The lowest BCUT2D eigenvalue weighted by Crippen LogP contribution is -2.57. The number of morpholine rings is 1. The van der Waals surface area contributed by atoms with Gasteiger partial charge >= 0.3 is 0 Å². The number of hydrogen-bond acceptors (Lipinski definition) is 2. The second kappa shape index (κ2) is 4.79. The molecule has 0 amide bonds. The van der Waals surface area contributed by atoms with Crippen molar-refractivity contribution in [2.45, 2.75) is 44.8 Å². The van der Waals surface area contributed by atoms with Crippen LogP contribution in [0.15, 0.2) is 30.3 Å². The van der Waals surface area contributed by atoms with Gasteiger partial charge in [-0.25, -0.2) is 0 Å². The van der Waals surface area contributed by atoms with E-state index in [0.29, 0.717) is 0 Å². The predicted octanol–water partition coefficient (Wildman–Crippen LogP) is 3.08. The van der Waals surface area contributed by atoms with Crippen LogP contribution in [0.2, 0.25) is 0 Å². The molecule has 0 aromatic heterocycles. The normalized spacial score (nSPS) is 27.9. The van der Waals surface area contributed by atoms with E-state index in [1.54, 1.807) is 0 Å². The molecule has 94 valence electrons. The molecule has 1 N–H and O–H groups in total. The molecule has 0 bridgehead atoms. The molecule has 1 aliphatic rings. The third-order valence-corrected chi connectivity index (χ3v) is 4.02. The Bertz CT molecular complexity index is 358. The molecule has 2 rings (SSSR count). The van der Waals surface area contributed by atoms with E-state index in [4.69, 9.17) is 4.74 Å². The predicted molar refractivity (Wildman–Crippen MR) is 71.1 cm³/mol. The average molecular weight is 233 g/mol. The highest BCUT2D eigenvalue weighted by Crippen LogP contribution is 2.36. The number of nitrogens with one attached hydrogen (secondary N) is 1. The molecule has 1 aromatic rings. The van der Waals surface area contributed by atoms with Crippen molar-refractivity contribution in [3.63, 3.8) is 0 Å². The van der Waals surface area contributed by atoms with Crippen LogP contribution in [0.1, 0.15) is 39.2 Å². The lowest BCUT2D eigenvalue weighted by molar-refractivity contribution is -0.178. The van der Waals surface area contributed by atoms with Gasteiger partial charge in [0.1, 0.15) is 5.60 Å². The highest BCUT2D eigenvalue weighted by molar-refractivity contribution is 5.23. The van der Waals surface area contributed by atoms with Crippen LogP contribution in [0.25, 0.3) is 0 Å². The van der Waals surface area contributed by atoms with E-state index < -0.39 is 0 Å². The van der Waals surface area contributed by atoms with Crippen LogP contribution in [-0.4, -0.2) is 18.7 Å². The summed E-state index contributed by atoms with van der Waals surface area (Å²) in [6, 6.07) is 10.5. The van der Waals surface area contributed by atoms with Gasteiger partial charge in [-0.3, -0.25) is 0 Å². The van der Waals surface area contributed by atoms with E-state index in [-0.39, 0.29) is 11.2 Å². The van der Waals surface area contributed by atoms with Crippen LogP contribution >= 0.6 is 0 Å². The van der Waals surface area contributed by atoms with Gasteiger partial charge in [-0.1, -0.05) is 44.2 Å². The molecule has 1 aromatic carbocycles. The molecule has 0 saturated carbocycles. The standard InChI is InChI=1S/C15H23NO/c1-4-15(5-2)12-16-11-14(3,17-15)13-9-7-6-8-10-13/h6-10,16H,4-5,11-12H2,1-3H3. The first kappa shape index (κ1) is 12.6. The molecule has 1 heterocycles. The largest absolute Gasteiger partial charge is 0.361 e. The number of hydrogen-bond donors (Lipinski definition) is 1. The monoisotopic (exact) mass is 233 g/mol. The van der Waals surface area contributed by atoms with Crippen molar-refractivity contribution in [2.75, 3.05) is 13.1 Å². The molecule has 0 spiro atoms. The molecular weight excluding hydrogens is 210 g/mol. The molecule has 1 atom stereocenters. The third kappa shape index (κ3) is 2.38. The number of benzene rings is 1. The minimum Gasteiger partial charge on any atom is -0.361 e.